The van der Waals surface area contributed by atoms with Gasteiger partial charge in [0.1, 0.15) is 0 Å². The Balaban J connectivity index is 3.02. The van der Waals surface area contributed by atoms with Gasteiger partial charge in [0, 0.05) is 12.7 Å². The van der Waals surface area contributed by atoms with E-state index >= 15 is 0 Å². The Morgan fingerprint density at radius 3 is 2.68 bits per heavy atom. The number of nitrogens with zero attached hydrogens (tertiary/aromatic N) is 2. The summed E-state index contributed by atoms with van der Waals surface area (Å²) in [6.07, 6.45) is 1.46. The Hall–Kier alpha value is -1.83. The second-order valence-corrected chi connectivity index (χ2v) is 7.00. The van der Waals surface area contributed by atoms with Crippen molar-refractivity contribution in [2.75, 3.05) is 5.75 Å². The van der Waals surface area contributed by atoms with Crippen LogP contribution in [0.1, 0.15) is 19.4 Å². The van der Waals surface area contributed by atoms with E-state index in [1.807, 2.05) is 0 Å². The molecule has 0 atom stereocenters. The molecule has 1 aromatic rings. The molecule has 0 fully saturated rings. The molecule has 1 heterocycles. The molecule has 0 spiro atoms. The number of hydrogen-bond donors (Lipinski definition) is 2. The molecule has 0 aromatic carbocycles. The van der Waals surface area contributed by atoms with Gasteiger partial charge in [0.05, 0.1) is 16.6 Å². The van der Waals surface area contributed by atoms with Crippen molar-refractivity contribution in [2.45, 2.75) is 25.6 Å². The van der Waals surface area contributed by atoms with Crippen molar-refractivity contribution in [3.8, 4) is 0 Å². The summed E-state index contributed by atoms with van der Waals surface area (Å²) in [5.41, 5.74) is 4.91. The summed E-state index contributed by atoms with van der Waals surface area (Å²) in [5.74, 6) is -0.435. The monoisotopic (exact) mass is 287 g/mol. The summed E-state index contributed by atoms with van der Waals surface area (Å²) in [4.78, 5) is 12.0. The van der Waals surface area contributed by atoms with E-state index in [-0.39, 0.29) is 23.7 Å². The fourth-order valence-corrected chi connectivity index (χ4v) is 2.35. The zero-order chi connectivity index (χ0) is 14.6. The molecular weight excluding hydrogens is 270 g/mol. The number of oxime groups is 1. The van der Waals surface area contributed by atoms with Gasteiger partial charge in [0.25, 0.3) is 5.56 Å². The van der Waals surface area contributed by atoms with E-state index in [9.17, 15) is 13.2 Å². The smallest absolute Gasteiger partial charge is 0.261 e. The van der Waals surface area contributed by atoms with Crippen molar-refractivity contribution in [3.63, 3.8) is 0 Å². The highest BCUT2D eigenvalue weighted by molar-refractivity contribution is 7.91. The average molecular weight is 287 g/mol. The van der Waals surface area contributed by atoms with E-state index in [0.29, 0.717) is 0 Å². The second kappa shape index (κ2) is 5.87. The summed E-state index contributed by atoms with van der Waals surface area (Å²) in [7, 11) is -3.22. The van der Waals surface area contributed by atoms with Gasteiger partial charge in [-0.05, 0) is 26.0 Å². The molecule has 1 aromatic heterocycles. The predicted molar refractivity (Wildman–Crippen MR) is 72.1 cm³/mol. The quantitative estimate of drug-likeness (QED) is 0.336. The number of aryl methyl sites for hydroxylation is 1. The molecule has 0 aliphatic rings. The Morgan fingerprint density at radius 2 is 2.16 bits per heavy atom. The number of rotatable bonds is 5. The van der Waals surface area contributed by atoms with Crippen molar-refractivity contribution in [2.24, 2.45) is 10.9 Å². The Morgan fingerprint density at radius 1 is 1.53 bits per heavy atom. The lowest BCUT2D eigenvalue weighted by atomic mass is 10.2. The third-order valence-electron chi connectivity index (χ3n) is 2.74. The molecule has 0 aliphatic heterocycles. The normalized spacial score (nSPS) is 12.9. The van der Waals surface area contributed by atoms with Crippen LogP contribution in [0.3, 0.4) is 0 Å². The minimum Gasteiger partial charge on any atom is -0.409 e. The zero-order valence-electron chi connectivity index (χ0n) is 10.8. The highest BCUT2D eigenvalue weighted by Gasteiger charge is 2.16. The molecule has 1 rings (SSSR count). The van der Waals surface area contributed by atoms with Crippen LogP contribution in [0.2, 0.25) is 0 Å². The molecule has 19 heavy (non-hydrogen) atoms. The average Bonchev–Trinajstić information content (AvgIpc) is 2.36. The molecule has 3 N–H and O–H groups in total. The summed E-state index contributed by atoms with van der Waals surface area (Å²) in [6, 6.07) is 2.95. The van der Waals surface area contributed by atoms with Gasteiger partial charge in [-0.1, -0.05) is 5.16 Å². The molecule has 0 saturated carbocycles. The highest BCUT2D eigenvalue weighted by atomic mass is 32.2. The first-order valence-corrected chi connectivity index (χ1v) is 7.40. The van der Waals surface area contributed by atoms with Gasteiger partial charge in [-0.3, -0.25) is 4.79 Å². The maximum Gasteiger partial charge on any atom is 0.261 e. The predicted octanol–water partition coefficient (Wildman–Crippen LogP) is -0.234. The van der Waals surface area contributed by atoms with Crippen molar-refractivity contribution < 1.29 is 13.6 Å². The van der Waals surface area contributed by atoms with Gasteiger partial charge < -0.3 is 15.5 Å². The molecule has 0 unspecified atom stereocenters. The van der Waals surface area contributed by atoms with Crippen molar-refractivity contribution in [1.82, 2.24) is 4.57 Å². The summed E-state index contributed by atoms with van der Waals surface area (Å²) in [5, 5.41) is 10.8. The van der Waals surface area contributed by atoms with E-state index in [1.165, 1.54) is 22.9 Å². The maximum atomic E-state index is 12.0. The van der Waals surface area contributed by atoms with Gasteiger partial charge >= 0.3 is 0 Å². The zero-order valence-corrected chi connectivity index (χ0v) is 11.6. The number of hydrogen-bond acceptors (Lipinski definition) is 5. The lowest BCUT2D eigenvalue weighted by Gasteiger charge is -2.10. The molecular formula is C11H17N3O4S. The first-order valence-electron chi connectivity index (χ1n) is 5.68. The highest BCUT2D eigenvalue weighted by Crippen LogP contribution is 2.01. The van der Waals surface area contributed by atoms with Crippen LogP contribution in [0.15, 0.2) is 28.3 Å². The summed E-state index contributed by atoms with van der Waals surface area (Å²) < 4.78 is 24.6. The molecule has 0 radical (unpaired) electrons. The minimum atomic E-state index is -3.22. The van der Waals surface area contributed by atoms with Crippen LogP contribution in [-0.2, 0) is 16.4 Å². The number of sulfone groups is 1. The number of aromatic nitrogens is 1. The first-order chi connectivity index (χ1) is 8.79. The fraction of sp³-hybridized carbons (Fsp3) is 0.455. The van der Waals surface area contributed by atoms with Gasteiger partial charge in [0.2, 0.25) is 0 Å². The Bertz CT molecular complexity index is 632. The van der Waals surface area contributed by atoms with Gasteiger partial charge in [-0.2, -0.15) is 0 Å². The van der Waals surface area contributed by atoms with Crippen LogP contribution in [-0.4, -0.2) is 35.0 Å². The van der Waals surface area contributed by atoms with Gasteiger partial charge in [-0.15, -0.1) is 0 Å². The van der Waals surface area contributed by atoms with Crippen molar-refractivity contribution >= 4 is 15.7 Å². The van der Waals surface area contributed by atoms with Crippen LogP contribution >= 0.6 is 0 Å². The standard InChI is InChI=1S/C11H17N3O4S/c1-8(2)19(17,18)7-6-14-5-3-4-9(11(14)15)10(12)13-16/h3-5,8,16H,6-7H2,1-2H3,(H2,12,13). The molecule has 8 heteroatoms. The van der Waals surface area contributed by atoms with Crippen molar-refractivity contribution in [1.29, 1.82) is 0 Å². The summed E-state index contributed by atoms with van der Waals surface area (Å²) in [6.45, 7) is 3.21. The van der Waals surface area contributed by atoms with Crippen LogP contribution in [0, 0.1) is 0 Å². The number of pyridine rings is 1. The van der Waals surface area contributed by atoms with Crippen molar-refractivity contribution in [3.05, 3.63) is 34.2 Å². The first kappa shape index (κ1) is 15.2. The van der Waals surface area contributed by atoms with Crippen LogP contribution in [0.4, 0.5) is 0 Å². The third-order valence-corrected chi connectivity index (χ3v) is 4.93. The molecule has 0 bridgehead atoms. The maximum absolute atomic E-state index is 12.0. The van der Waals surface area contributed by atoms with Crippen LogP contribution in [0.5, 0.6) is 0 Å². The topological polar surface area (TPSA) is 115 Å². The van der Waals surface area contributed by atoms with Gasteiger partial charge in [-0.25, -0.2) is 8.42 Å². The van der Waals surface area contributed by atoms with E-state index in [4.69, 9.17) is 10.9 Å². The molecule has 0 saturated heterocycles. The van der Waals surface area contributed by atoms with E-state index in [0.717, 1.165) is 0 Å². The van der Waals surface area contributed by atoms with E-state index < -0.39 is 20.6 Å². The molecule has 7 nitrogen and oxygen atoms in total. The SMILES string of the molecule is CC(C)S(=O)(=O)CCn1cccc(/C(N)=N/O)c1=O. The second-order valence-electron chi connectivity index (χ2n) is 4.32. The van der Waals surface area contributed by atoms with E-state index in [1.54, 1.807) is 13.8 Å². The van der Waals surface area contributed by atoms with Crippen LogP contribution < -0.4 is 11.3 Å². The Labute approximate surface area is 111 Å². The molecule has 0 amide bonds. The van der Waals surface area contributed by atoms with E-state index in [2.05, 4.69) is 5.16 Å². The lowest BCUT2D eigenvalue weighted by molar-refractivity contribution is 0.318. The number of amidine groups is 1. The largest absolute Gasteiger partial charge is 0.409 e. The van der Waals surface area contributed by atoms with Crippen LogP contribution in [0.25, 0.3) is 0 Å². The molecule has 0 aliphatic carbocycles. The fourth-order valence-electron chi connectivity index (χ4n) is 1.42. The summed E-state index contributed by atoms with van der Waals surface area (Å²) >= 11 is 0. The lowest BCUT2D eigenvalue weighted by Crippen LogP contribution is -2.32. The Kier molecular flexibility index (Phi) is 4.71. The van der Waals surface area contributed by atoms with Gasteiger partial charge in [0.15, 0.2) is 15.7 Å². The number of nitrogens with two attached hydrogens (primary N) is 1. The molecule has 106 valence electrons. The third kappa shape index (κ3) is 3.57. The minimum absolute atomic E-state index is 0.0336.